The quantitative estimate of drug-likeness (QED) is 0.407. The van der Waals surface area contributed by atoms with E-state index in [9.17, 15) is 19.2 Å². The number of rotatable bonds is 6. The maximum atomic E-state index is 13.6. The predicted molar refractivity (Wildman–Crippen MR) is 142 cm³/mol. The van der Waals surface area contributed by atoms with Crippen LogP contribution in [-0.2, 0) is 6.54 Å². The SMILES string of the molecule is Cc1ccc(C(=O)Cn2nc3n(C(C)C)c(=O)c4ccc(C(=O)NC5CCCC5)cc4n3c2=O)c(C)c1. The first kappa shape index (κ1) is 24.7. The van der Waals surface area contributed by atoms with E-state index in [0.29, 0.717) is 22.0 Å². The molecule has 1 aliphatic carbocycles. The molecule has 2 aromatic heterocycles. The molecule has 1 aliphatic rings. The van der Waals surface area contributed by atoms with Crippen LogP contribution in [0.4, 0.5) is 0 Å². The third-order valence-electron chi connectivity index (χ3n) is 7.17. The Morgan fingerprint density at radius 1 is 1.05 bits per heavy atom. The van der Waals surface area contributed by atoms with Gasteiger partial charge in [0.05, 0.1) is 10.9 Å². The minimum atomic E-state index is -0.541. The highest BCUT2D eigenvalue weighted by Crippen LogP contribution is 2.20. The van der Waals surface area contributed by atoms with Crippen LogP contribution in [0.15, 0.2) is 46.0 Å². The van der Waals surface area contributed by atoms with Gasteiger partial charge in [-0.3, -0.25) is 19.0 Å². The van der Waals surface area contributed by atoms with Crippen LogP contribution in [-0.4, -0.2) is 36.5 Å². The molecule has 4 aromatic rings. The van der Waals surface area contributed by atoms with Gasteiger partial charge in [-0.15, -0.1) is 5.10 Å². The average molecular weight is 502 g/mol. The molecule has 0 bridgehead atoms. The van der Waals surface area contributed by atoms with Crippen LogP contribution in [0.5, 0.6) is 0 Å². The molecule has 5 rings (SSSR count). The fourth-order valence-corrected chi connectivity index (χ4v) is 5.28. The number of hydrogen-bond acceptors (Lipinski definition) is 5. The molecule has 1 N–H and O–H groups in total. The molecule has 37 heavy (non-hydrogen) atoms. The zero-order chi connectivity index (χ0) is 26.4. The van der Waals surface area contributed by atoms with Crippen molar-refractivity contribution in [2.24, 2.45) is 0 Å². The Morgan fingerprint density at radius 2 is 1.78 bits per heavy atom. The second-order valence-electron chi connectivity index (χ2n) is 10.3. The summed E-state index contributed by atoms with van der Waals surface area (Å²) >= 11 is 0. The number of carbonyl (C=O) groups is 2. The van der Waals surface area contributed by atoms with Gasteiger partial charge in [-0.2, -0.15) is 0 Å². The van der Waals surface area contributed by atoms with E-state index < -0.39 is 5.69 Å². The minimum Gasteiger partial charge on any atom is -0.349 e. The number of amides is 1. The molecule has 1 amide bonds. The highest BCUT2D eigenvalue weighted by Gasteiger charge is 2.23. The van der Waals surface area contributed by atoms with Crippen LogP contribution in [0, 0.1) is 13.8 Å². The smallest absolute Gasteiger partial charge is 0.349 e. The van der Waals surface area contributed by atoms with Gasteiger partial charge in [0.2, 0.25) is 5.78 Å². The fourth-order valence-electron chi connectivity index (χ4n) is 5.28. The summed E-state index contributed by atoms with van der Waals surface area (Å²) < 4.78 is 3.87. The van der Waals surface area contributed by atoms with Crippen molar-refractivity contribution >= 4 is 28.4 Å². The summed E-state index contributed by atoms with van der Waals surface area (Å²) in [6, 6.07) is 10.2. The highest BCUT2D eigenvalue weighted by molar-refractivity contribution is 5.98. The molecule has 0 saturated heterocycles. The van der Waals surface area contributed by atoms with Crippen molar-refractivity contribution in [1.82, 2.24) is 24.1 Å². The van der Waals surface area contributed by atoms with Gasteiger partial charge in [-0.05, 0) is 64.3 Å². The molecule has 2 heterocycles. The number of fused-ring (bicyclic) bond motifs is 3. The molecule has 9 nitrogen and oxygen atoms in total. The minimum absolute atomic E-state index is 0.138. The van der Waals surface area contributed by atoms with Gasteiger partial charge in [0, 0.05) is 23.2 Å². The van der Waals surface area contributed by atoms with Gasteiger partial charge in [0.25, 0.3) is 11.5 Å². The summed E-state index contributed by atoms with van der Waals surface area (Å²) in [6.07, 6.45) is 4.08. The number of ketones is 1. The van der Waals surface area contributed by atoms with Crippen LogP contribution >= 0.6 is 0 Å². The number of nitrogens with zero attached hydrogens (tertiary/aromatic N) is 4. The molecule has 0 spiro atoms. The Morgan fingerprint density at radius 3 is 2.46 bits per heavy atom. The Kier molecular flexibility index (Phi) is 6.31. The molecule has 0 atom stereocenters. The molecular weight excluding hydrogens is 470 g/mol. The standard InChI is InChI=1S/C28H31N5O4/c1-16(2)32-26(36)22-12-10-19(25(35)29-20-7-5-6-8-20)14-23(22)33-27(32)30-31(28(33)37)15-24(34)21-11-9-17(3)13-18(21)4/h9-14,16,20H,5-8,15H2,1-4H3,(H,29,35). The molecule has 1 saturated carbocycles. The summed E-state index contributed by atoms with van der Waals surface area (Å²) in [6.45, 7) is 7.21. The Labute approximate surface area is 213 Å². The molecule has 0 radical (unpaired) electrons. The van der Waals surface area contributed by atoms with Crippen LogP contribution < -0.4 is 16.6 Å². The normalized spacial score (nSPS) is 14.2. The van der Waals surface area contributed by atoms with Crippen LogP contribution in [0.3, 0.4) is 0 Å². The first-order chi connectivity index (χ1) is 17.7. The second-order valence-corrected chi connectivity index (χ2v) is 10.3. The van der Waals surface area contributed by atoms with Gasteiger partial charge >= 0.3 is 5.69 Å². The van der Waals surface area contributed by atoms with Crippen LogP contribution in [0.2, 0.25) is 0 Å². The number of hydrogen-bond donors (Lipinski definition) is 1. The summed E-state index contributed by atoms with van der Waals surface area (Å²) in [5, 5.41) is 7.78. The van der Waals surface area contributed by atoms with E-state index >= 15 is 0 Å². The molecular formula is C28H31N5O4. The van der Waals surface area contributed by atoms with Crippen LogP contribution in [0.1, 0.15) is 77.4 Å². The lowest BCUT2D eigenvalue weighted by atomic mass is 10.0. The zero-order valence-corrected chi connectivity index (χ0v) is 21.6. The van der Waals surface area contributed by atoms with E-state index in [1.165, 1.54) is 8.97 Å². The fraction of sp³-hybridized carbons (Fsp3) is 0.393. The lowest BCUT2D eigenvalue weighted by molar-refractivity contribution is 0.0935. The average Bonchev–Trinajstić information content (AvgIpc) is 3.46. The number of aryl methyl sites for hydroxylation is 2. The second kappa shape index (κ2) is 9.46. The molecule has 192 valence electrons. The predicted octanol–water partition coefficient (Wildman–Crippen LogP) is 3.56. The van der Waals surface area contributed by atoms with E-state index in [-0.39, 0.29) is 41.7 Å². The summed E-state index contributed by atoms with van der Waals surface area (Å²) in [5.74, 6) is -0.345. The van der Waals surface area contributed by atoms with Crippen molar-refractivity contribution in [2.45, 2.75) is 72.0 Å². The monoisotopic (exact) mass is 501 g/mol. The lowest BCUT2D eigenvalue weighted by Crippen LogP contribution is -2.33. The van der Waals surface area contributed by atoms with E-state index in [1.807, 2.05) is 39.8 Å². The van der Waals surface area contributed by atoms with Crippen molar-refractivity contribution in [3.63, 3.8) is 0 Å². The summed E-state index contributed by atoms with van der Waals surface area (Å²) in [4.78, 5) is 53.0. The van der Waals surface area contributed by atoms with E-state index in [4.69, 9.17) is 0 Å². The summed E-state index contributed by atoms with van der Waals surface area (Å²) in [5.41, 5.74) is 2.20. The first-order valence-electron chi connectivity index (χ1n) is 12.7. The van der Waals surface area contributed by atoms with E-state index in [0.717, 1.165) is 41.5 Å². The molecule has 0 aliphatic heterocycles. The van der Waals surface area contributed by atoms with Gasteiger partial charge in [0.1, 0.15) is 6.54 Å². The highest BCUT2D eigenvalue weighted by atomic mass is 16.2. The van der Waals surface area contributed by atoms with E-state index in [2.05, 4.69) is 10.4 Å². The van der Waals surface area contributed by atoms with Gasteiger partial charge in [0.15, 0.2) is 5.78 Å². The number of nitrogens with one attached hydrogen (secondary N) is 1. The number of aromatic nitrogens is 4. The zero-order valence-electron chi connectivity index (χ0n) is 21.6. The van der Waals surface area contributed by atoms with Gasteiger partial charge in [-0.25, -0.2) is 13.9 Å². The summed E-state index contributed by atoms with van der Waals surface area (Å²) in [7, 11) is 0. The third kappa shape index (κ3) is 4.39. The topological polar surface area (TPSA) is 107 Å². The van der Waals surface area contributed by atoms with Crippen LogP contribution in [0.25, 0.3) is 16.7 Å². The molecule has 9 heteroatoms. The third-order valence-corrected chi connectivity index (χ3v) is 7.17. The Bertz CT molecular complexity index is 1670. The molecule has 2 aromatic carbocycles. The van der Waals surface area contributed by atoms with Crippen molar-refractivity contribution in [3.05, 3.63) is 79.5 Å². The Hall–Kier alpha value is -4.01. The molecule has 0 unspecified atom stereocenters. The number of Topliss-reactive ketones (excluding diaryl/α,β-unsaturated/α-hetero) is 1. The maximum Gasteiger partial charge on any atom is 0.352 e. The first-order valence-corrected chi connectivity index (χ1v) is 12.7. The lowest BCUT2D eigenvalue weighted by Gasteiger charge is -2.14. The van der Waals surface area contributed by atoms with E-state index in [1.54, 1.807) is 24.3 Å². The van der Waals surface area contributed by atoms with Crippen molar-refractivity contribution in [1.29, 1.82) is 0 Å². The molecule has 1 fully saturated rings. The largest absolute Gasteiger partial charge is 0.352 e. The number of carbonyl (C=O) groups excluding carboxylic acids is 2. The maximum absolute atomic E-state index is 13.6. The Balaban J connectivity index is 1.64. The number of benzene rings is 2. The van der Waals surface area contributed by atoms with Crippen molar-refractivity contribution < 1.29 is 9.59 Å². The van der Waals surface area contributed by atoms with Crippen molar-refractivity contribution in [2.75, 3.05) is 0 Å². The van der Waals surface area contributed by atoms with Gasteiger partial charge in [-0.1, -0.05) is 36.6 Å². The van der Waals surface area contributed by atoms with Gasteiger partial charge < -0.3 is 5.32 Å². The van der Waals surface area contributed by atoms with Crippen molar-refractivity contribution in [3.8, 4) is 0 Å².